The fourth-order valence-corrected chi connectivity index (χ4v) is 3.91. The minimum Gasteiger partial charge on any atom is -0.465 e. The van der Waals surface area contributed by atoms with Gasteiger partial charge in [-0.15, -0.1) is 0 Å². The molecule has 1 amide bonds. The number of fused-ring (bicyclic) bond motifs is 2. The van der Waals surface area contributed by atoms with E-state index in [1.165, 1.54) is 4.90 Å². The Morgan fingerprint density at radius 3 is 2.05 bits per heavy atom. The number of carbonyl (C=O) groups is 1. The van der Waals surface area contributed by atoms with E-state index in [4.69, 9.17) is 5.11 Å². The molecule has 1 aliphatic carbocycles. The molecular weight excluding hydrogens is 254 g/mol. The highest BCUT2D eigenvalue weighted by molar-refractivity contribution is 5.65. The van der Waals surface area contributed by atoms with Gasteiger partial charge in [0.1, 0.15) is 0 Å². The van der Waals surface area contributed by atoms with Gasteiger partial charge in [-0.1, -0.05) is 0 Å². The monoisotopic (exact) mass is 274 g/mol. The van der Waals surface area contributed by atoms with Crippen LogP contribution in [0.4, 0.5) is 13.6 Å². The van der Waals surface area contributed by atoms with Crippen molar-refractivity contribution >= 4 is 6.09 Å². The van der Waals surface area contributed by atoms with Crippen molar-refractivity contribution < 1.29 is 18.7 Å². The summed E-state index contributed by atoms with van der Waals surface area (Å²) in [5.74, 6) is -3.44. The van der Waals surface area contributed by atoms with Gasteiger partial charge in [0.15, 0.2) is 0 Å². The second kappa shape index (κ2) is 4.58. The van der Waals surface area contributed by atoms with Gasteiger partial charge in [-0.05, 0) is 25.7 Å². The molecule has 0 aromatic heterocycles. The van der Waals surface area contributed by atoms with Crippen LogP contribution in [0.1, 0.15) is 25.7 Å². The van der Waals surface area contributed by atoms with E-state index < -0.39 is 23.9 Å². The highest BCUT2D eigenvalue weighted by Gasteiger charge is 2.56. The summed E-state index contributed by atoms with van der Waals surface area (Å²) in [6, 6.07) is 0.287. The molecule has 0 spiro atoms. The molecule has 6 heteroatoms. The molecule has 0 aromatic carbocycles. The molecule has 3 rings (SSSR count). The van der Waals surface area contributed by atoms with E-state index in [2.05, 4.69) is 4.90 Å². The summed E-state index contributed by atoms with van der Waals surface area (Å²) in [4.78, 5) is 14.5. The molecule has 1 N–H and O–H groups in total. The van der Waals surface area contributed by atoms with Gasteiger partial charge in [-0.25, -0.2) is 13.6 Å². The van der Waals surface area contributed by atoms with Crippen molar-refractivity contribution in [3.05, 3.63) is 0 Å². The summed E-state index contributed by atoms with van der Waals surface area (Å²) in [6.07, 6.45) is 1.96. The Balaban J connectivity index is 1.59. The Kier molecular flexibility index (Phi) is 3.15. The van der Waals surface area contributed by atoms with E-state index in [0.717, 1.165) is 12.8 Å². The lowest BCUT2D eigenvalue weighted by molar-refractivity contribution is -0.126. The number of nitrogens with zero attached hydrogens (tertiary/aromatic N) is 2. The lowest BCUT2D eigenvalue weighted by Gasteiger charge is -2.44. The number of carboxylic acid groups (broad SMARTS) is 1. The number of alkyl halides is 2. The summed E-state index contributed by atoms with van der Waals surface area (Å²) >= 11 is 0. The minimum atomic E-state index is -2.47. The van der Waals surface area contributed by atoms with Crippen LogP contribution in [0.3, 0.4) is 0 Å². The molecule has 2 saturated heterocycles. The Morgan fingerprint density at radius 1 is 1.05 bits per heavy atom. The van der Waals surface area contributed by atoms with Crippen molar-refractivity contribution in [3.8, 4) is 0 Å². The maximum Gasteiger partial charge on any atom is 0.407 e. The maximum atomic E-state index is 13.8. The third kappa shape index (κ3) is 2.20. The Morgan fingerprint density at radius 2 is 1.58 bits per heavy atom. The molecule has 4 nitrogen and oxygen atoms in total. The van der Waals surface area contributed by atoms with Gasteiger partial charge in [0.2, 0.25) is 0 Å². The molecule has 0 aromatic rings. The fraction of sp³-hybridized carbons (Fsp3) is 0.923. The summed E-state index contributed by atoms with van der Waals surface area (Å²) in [5, 5.41) is 8.91. The number of amides is 1. The van der Waals surface area contributed by atoms with Crippen molar-refractivity contribution in [2.45, 2.75) is 37.6 Å². The van der Waals surface area contributed by atoms with E-state index in [0.29, 0.717) is 39.0 Å². The predicted octanol–water partition coefficient (Wildman–Crippen LogP) is 2.11. The van der Waals surface area contributed by atoms with E-state index in [-0.39, 0.29) is 6.04 Å². The number of rotatable bonds is 1. The van der Waals surface area contributed by atoms with E-state index in [9.17, 15) is 13.6 Å². The van der Waals surface area contributed by atoms with Crippen LogP contribution in [0, 0.1) is 11.8 Å². The van der Waals surface area contributed by atoms with Crippen LogP contribution >= 0.6 is 0 Å². The second-order valence-electron chi connectivity index (χ2n) is 6.10. The number of piperidine rings is 2. The first kappa shape index (κ1) is 13.1. The lowest BCUT2D eigenvalue weighted by Crippen LogP contribution is -2.55. The number of hydrogen-bond acceptors (Lipinski definition) is 2. The number of hydrogen-bond donors (Lipinski definition) is 1. The number of likely N-dealkylation sites (tertiary alicyclic amines) is 2. The zero-order chi connectivity index (χ0) is 13.6. The molecule has 19 heavy (non-hydrogen) atoms. The minimum absolute atomic E-state index is 0.287. The average molecular weight is 274 g/mol. The van der Waals surface area contributed by atoms with Crippen molar-refractivity contribution in [1.29, 1.82) is 0 Å². The van der Waals surface area contributed by atoms with E-state index in [1.54, 1.807) is 0 Å². The molecule has 2 atom stereocenters. The SMILES string of the molecule is O=C(O)N1CCC(N2CC3CCC(C2)C3(F)F)CC1. The Labute approximate surface area is 111 Å². The summed E-state index contributed by atoms with van der Waals surface area (Å²) in [6.45, 7) is 2.03. The van der Waals surface area contributed by atoms with Crippen molar-refractivity contribution in [1.82, 2.24) is 9.80 Å². The van der Waals surface area contributed by atoms with Gasteiger partial charge >= 0.3 is 6.09 Å². The van der Waals surface area contributed by atoms with E-state index in [1.807, 2.05) is 0 Å². The highest BCUT2D eigenvalue weighted by atomic mass is 19.3. The molecule has 2 heterocycles. The first-order valence-electron chi connectivity index (χ1n) is 7.08. The van der Waals surface area contributed by atoms with Gasteiger partial charge in [0, 0.05) is 44.1 Å². The molecule has 1 saturated carbocycles. The summed E-state index contributed by atoms with van der Waals surface area (Å²) < 4.78 is 27.7. The lowest BCUT2D eigenvalue weighted by atomic mass is 9.91. The molecule has 108 valence electrons. The van der Waals surface area contributed by atoms with Crippen LogP contribution in [0.2, 0.25) is 0 Å². The van der Waals surface area contributed by atoms with Crippen LogP contribution in [0.15, 0.2) is 0 Å². The second-order valence-corrected chi connectivity index (χ2v) is 6.10. The van der Waals surface area contributed by atoms with Gasteiger partial charge in [-0.2, -0.15) is 0 Å². The molecule has 2 bridgehead atoms. The molecule has 3 aliphatic rings. The first-order chi connectivity index (χ1) is 8.98. The first-order valence-corrected chi connectivity index (χ1v) is 7.08. The smallest absolute Gasteiger partial charge is 0.407 e. The van der Waals surface area contributed by atoms with Gasteiger partial charge in [-0.3, -0.25) is 4.90 Å². The standard InChI is InChI=1S/C13H20F2N2O2/c14-13(15)9-1-2-10(13)8-17(7-9)11-3-5-16(6-4-11)12(18)19/h9-11H,1-8H2,(H,18,19). The zero-order valence-electron chi connectivity index (χ0n) is 10.9. The van der Waals surface area contributed by atoms with Crippen molar-refractivity contribution in [2.75, 3.05) is 26.2 Å². The van der Waals surface area contributed by atoms with Crippen molar-refractivity contribution in [2.24, 2.45) is 11.8 Å². The van der Waals surface area contributed by atoms with Crippen LogP contribution in [0.5, 0.6) is 0 Å². The molecule has 2 unspecified atom stereocenters. The summed E-state index contributed by atoms with van der Waals surface area (Å²) in [7, 11) is 0. The Bertz CT molecular complexity index is 354. The third-order valence-corrected chi connectivity index (χ3v) is 5.11. The molecular formula is C13H20F2N2O2. The van der Waals surface area contributed by atoms with Gasteiger partial charge in [0.25, 0.3) is 5.92 Å². The van der Waals surface area contributed by atoms with Gasteiger partial charge in [0.05, 0.1) is 0 Å². The number of halogens is 2. The van der Waals surface area contributed by atoms with Gasteiger partial charge < -0.3 is 10.0 Å². The maximum absolute atomic E-state index is 13.8. The average Bonchev–Trinajstić information content (AvgIpc) is 2.59. The molecule has 3 fully saturated rings. The normalized spacial score (nSPS) is 35.6. The van der Waals surface area contributed by atoms with Crippen LogP contribution < -0.4 is 0 Å². The Hall–Kier alpha value is -0.910. The third-order valence-electron chi connectivity index (χ3n) is 5.11. The van der Waals surface area contributed by atoms with Crippen molar-refractivity contribution in [3.63, 3.8) is 0 Å². The predicted molar refractivity (Wildman–Crippen MR) is 65.4 cm³/mol. The van der Waals surface area contributed by atoms with Crippen LogP contribution in [0.25, 0.3) is 0 Å². The quantitative estimate of drug-likeness (QED) is 0.796. The fourth-order valence-electron chi connectivity index (χ4n) is 3.91. The van der Waals surface area contributed by atoms with Crippen LogP contribution in [-0.4, -0.2) is 59.1 Å². The van der Waals surface area contributed by atoms with E-state index >= 15 is 0 Å². The van der Waals surface area contributed by atoms with Crippen LogP contribution in [-0.2, 0) is 0 Å². The summed E-state index contributed by atoms with van der Waals surface area (Å²) in [5.41, 5.74) is 0. The molecule has 0 radical (unpaired) electrons. The molecule has 2 aliphatic heterocycles. The topological polar surface area (TPSA) is 43.8 Å². The zero-order valence-corrected chi connectivity index (χ0v) is 10.9. The largest absolute Gasteiger partial charge is 0.465 e. The highest BCUT2D eigenvalue weighted by Crippen LogP contribution is 2.49.